The molecule has 0 amide bonds. The predicted octanol–water partition coefficient (Wildman–Crippen LogP) is 4.95. The van der Waals surface area contributed by atoms with Crippen molar-refractivity contribution in [3.63, 3.8) is 0 Å². The largest absolute Gasteiger partial charge is 0.377 e. The second-order valence-corrected chi connectivity index (χ2v) is 10.1. The van der Waals surface area contributed by atoms with Crippen LogP contribution in [0.2, 0.25) is 0 Å². The van der Waals surface area contributed by atoms with Gasteiger partial charge in [-0.05, 0) is 6.42 Å². The van der Waals surface area contributed by atoms with Crippen molar-refractivity contribution in [2.45, 2.75) is 67.0 Å². The van der Waals surface area contributed by atoms with Gasteiger partial charge in [0.2, 0.25) is 0 Å². The van der Waals surface area contributed by atoms with Gasteiger partial charge in [0.1, 0.15) is 0 Å². The van der Waals surface area contributed by atoms with Crippen molar-refractivity contribution in [2.24, 2.45) is 11.3 Å². The minimum atomic E-state index is 0.338. The monoisotopic (exact) mass is 414 g/mol. The Morgan fingerprint density at radius 3 is 1.60 bits per heavy atom. The number of aromatic nitrogens is 2. The molecule has 1 atom stereocenters. The average Bonchev–Trinajstić information content (AvgIpc) is 2.66. The highest BCUT2D eigenvalue weighted by molar-refractivity contribution is 5.41. The zero-order valence-electron chi connectivity index (χ0n) is 21.0. The molecule has 1 unspecified atom stereocenters. The molecule has 2 heterocycles. The predicted molar refractivity (Wildman–Crippen MR) is 130 cm³/mol. The number of hydrogen-bond acceptors (Lipinski definition) is 2. The summed E-state index contributed by atoms with van der Waals surface area (Å²) in [5.74, 6) is 0.773. The minimum Gasteiger partial charge on any atom is -0.377 e. The average molecular weight is 415 g/mol. The van der Waals surface area contributed by atoms with Crippen LogP contribution >= 0.6 is 0 Å². The lowest BCUT2D eigenvalue weighted by molar-refractivity contribution is -0.708. The molecule has 2 aromatic heterocycles. The van der Waals surface area contributed by atoms with E-state index in [0.717, 1.165) is 19.0 Å². The van der Waals surface area contributed by atoms with Crippen LogP contribution in [0.3, 0.4) is 0 Å². The third kappa shape index (κ3) is 10.6. The summed E-state index contributed by atoms with van der Waals surface area (Å²) in [6.07, 6.45) is 12.6. The Hall–Kier alpha value is -2.10. The van der Waals surface area contributed by atoms with E-state index >= 15 is 0 Å². The van der Waals surface area contributed by atoms with Crippen LogP contribution in [-0.2, 0) is 13.1 Å². The van der Waals surface area contributed by atoms with Gasteiger partial charge in [-0.1, -0.05) is 47.5 Å². The molecule has 2 aromatic rings. The Morgan fingerprint density at radius 2 is 1.23 bits per heavy atom. The maximum Gasteiger partial charge on any atom is 0.170 e. The van der Waals surface area contributed by atoms with Crippen LogP contribution < -0.4 is 18.9 Å². The maximum absolute atomic E-state index is 2.34. The molecule has 0 saturated carbocycles. The second-order valence-electron chi connectivity index (χ2n) is 10.1. The Labute approximate surface area is 186 Å². The fraction of sp³-hybridized carbons (Fsp3) is 0.615. The standard InChI is InChI=1S/C14H25N2.C12H21N2/c1-5-6-7-13(2)12-16-10-8-14(9-11-16)15(3)4;1-12(2,3)10-14-8-6-11(7-9-14)13(4)5/h8-11,13H,5-7,12H2,1-4H3;6-9H,10H2,1-5H3/q2*+1. The van der Waals surface area contributed by atoms with E-state index in [1.54, 1.807) is 0 Å². The van der Waals surface area contributed by atoms with Gasteiger partial charge < -0.3 is 9.80 Å². The van der Waals surface area contributed by atoms with Crippen LogP contribution in [-0.4, -0.2) is 28.2 Å². The van der Waals surface area contributed by atoms with E-state index in [4.69, 9.17) is 0 Å². The van der Waals surface area contributed by atoms with E-state index in [-0.39, 0.29) is 0 Å². The molecule has 0 fully saturated rings. The highest BCUT2D eigenvalue weighted by Crippen LogP contribution is 2.13. The number of rotatable bonds is 8. The summed E-state index contributed by atoms with van der Waals surface area (Å²) in [6, 6.07) is 8.64. The molecule has 0 spiro atoms. The van der Waals surface area contributed by atoms with Crippen LogP contribution in [0.4, 0.5) is 11.4 Å². The highest BCUT2D eigenvalue weighted by atomic mass is 15.1. The molecule has 30 heavy (non-hydrogen) atoms. The first-order valence-corrected chi connectivity index (χ1v) is 11.3. The van der Waals surface area contributed by atoms with Gasteiger partial charge in [-0.2, -0.15) is 0 Å². The van der Waals surface area contributed by atoms with Gasteiger partial charge >= 0.3 is 0 Å². The molecule has 0 aromatic carbocycles. The molecule has 0 saturated heterocycles. The molecule has 0 radical (unpaired) electrons. The SMILES string of the molecule is CCCCC(C)C[n+]1ccc(N(C)C)cc1.CN(C)c1cc[n+](CC(C)(C)C)cc1. The first-order chi connectivity index (χ1) is 14.0. The van der Waals surface area contributed by atoms with Crippen LogP contribution in [0.5, 0.6) is 0 Å². The Kier molecular flexibility index (Phi) is 10.9. The molecule has 0 aliphatic heterocycles. The van der Waals surface area contributed by atoms with Gasteiger partial charge in [-0.3, -0.25) is 0 Å². The molecule has 4 nitrogen and oxygen atoms in total. The van der Waals surface area contributed by atoms with E-state index in [1.165, 1.54) is 30.6 Å². The molecule has 0 N–H and O–H groups in total. The third-order valence-electron chi connectivity index (χ3n) is 5.01. The van der Waals surface area contributed by atoms with Crippen molar-refractivity contribution < 1.29 is 9.13 Å². The van der Waals surface area contributed by atoms with Crippen LogP contribution in [0.25, 0.3) is 0 Å². The minimum absolute atomic E-state index is 0.338. The number of hydrogen-bond donors (Lipinski definition) is 0. The van der Waals surface area contributed by atoms with Crippen molar-refractivity contribution in [1.82, 2.24) is 0 Å². The van der Waals surface area contributed by atoms with E-state index < -0.39 is 0 Å². The molecule has 2 rings (SSSR count). The number of nitrogens with zero attached hydrogens (tertiary/aromatic N) is 4. The summed E-state index contributed by atoms with van der Waals surface area (Å²) in [5, 5.41) is 0. The fourth-order valence-corrected chi connectivity index (χ4v) is 3.27. The Balaban J connectivity index is 0.000000303. The van der Waals surface area contributed by atoms with Gasteiger partial charge in [-0.25, -0.2) is 9.13 Å². The first-order valence-electron chi connectivity index (χ1n) is 11.3. The Bertz CT molecular complexity index is 697. The van der Waals surface area contributed by atoms with Gasteiger partial charge in [0.15, 0.2) is 37.9 Å². The van der Waals surface area contributed by atoms with Crippen molar-refractivity contribution in [3.05, 3.63) is 49.1 Å². The van der Waals surface area contributed by atoms with Crippen LogP contribution in [0.1, 0.15) is 53.9 Å². The summed E-state index contributed by atoms with van der Waals surface area (Å²) >= 11 is 0. The van der Waals surface area contributed by atoms with E-state index in [1.807, 2.05) is 0 Å². The molecule has 0 aliphatic carbocycles. The zero-order chi connectivity index (χ0) is 22.7. The normalized spacial score (nSPS) is 12.0. The molecular weight excluding hydrogens is 368 g/mol. The van der Waals surface area contributed by atoms with Gasteiger partial charge in [0.05, 0.1) is 0 Å². The molecule has 168 valence electrons. The summed E-state index contributed by atoms with van der Waals surface area (Å²) in [5.41, 5.74) is 2.84. The van der Waals surface area contributed by atoms with Crippen molar-refractivity contribution in [3.8, 4) is 0 Å². The third-order valence-corrected chi connectivity index (χ3v) is 5.01. The summed E-state index contributed by atoms with van der Waals surface area (Å²) in [6.45, 7) is 13.5. The highest BCUT2D eigenvalue weighted by Gasteiger charge is 2.16. The lowest BCUT2D eigenvalue weighted by Gasteiger charge is -2.14. The molecular formula is C26H46N4+2. The van der Waals surface area contributed by atoms with Gasteiger partial charge in [0.25, 0.3) is 0 Å². The fourth-order valence-electron chi connectivity index (χ4n) is 3.27. The number of anilines is 2. The number of unbranched alkanes of at least 4 members (excludes halogenated alkanes) is 1. The summed E-state index contributed by atoms with van der Waals surface area (Å²) in [7, 11) is 8.26. The van der Waals surface area contributed by atoms with Crippen molar-refractivity contribution >= 4 is 11.4 Å². The lowest BCUT2D eigenvalue weighted by atomic mass is 9.97. The quantitative estimate of drug-likeness (QED) is 0.567. The second kappa shape index (κ2) is 12.6. The molecule has 0 aliphatic rings. The number of pyridine rings is 2. The van der Waals surface area contributed by atoms with Crippen LogP contribution in [0, 0.1) is 11.3 Å². The van der Waals surface area contributed by atoms with E-state index in [0.29, 0.717) is 5.41 Å². The first kappa shape index (κ1) is 25.9. The van der Waals surface area contributed by atoms with Crippen LogP contribution in [0.15, 0.2) is 49.1 Å². The van der Waals surface area contributed by atoms with E-state index in [2.05, 4.69) is 131 Å². The topological polar surface area (TPSA) is 14.2 Å². The smallest absolute Gasteiger partial charge is 0.170 e. The lowest BCUT2D eigenvalue weighted by Crippen LogP contribution is -2.39. The van der Waals surface area contributed by atoms with Crippen molar-refractivity contribution in [2.75, 3.05) is 38.0 Å². The summed E-state index contributed by atoms with van der Waals surface area (Å²) < 4.78 is 4.51. The maximum atomic E-state index is 2.34. The molecule has 4 heteroatoms. The van der Waals surface area contributed by atoms with E-state index in [9.17, 15) is 0 Å². The Morgan fingerprint density at radius 1 is 0.800 bits per heavy atom. The van der Waals surface area contributed by atoms with Gasteiger partial charge in [0, 0.05) is 75.2 Å². The summed E-state index contributed by atoms with van der Waals surface area (Å²) in [4.78, 5) is 4.24. The molecule has 0 bridgehead atoms. The van der Waals surface area contributed by atoms with Gasteiger partial charge in [-0.15, -0.1) is 0 Å². The zero-order valence-corrected chi connectivity index (χ0v) is 21.0. The van der Waals surface area contributed by atoms with Crippen molar-refractivity contribution in [1.29, 1.82) is 0 Å².